The molecule has 1 aromatic heterocycles. The molecule has 3 aliphatic rings. The largest absolute Gasteiger partial charge is 0.435 e. The maximum Gasteiger partial charge on any atom is 0.387 e. The van der Waals surface area contributed by atoms with E-state index >= 15 is 0 Å². The van der Waals surface area contributed by atoms with E-state index in [-0.39, 0.29) is 16.6 Å². The Balaban J connectivity index is 1.22. The number of fused-ring (bicyclic) bond motifs is 3. The smallest absolute Gasteiger partial charge is 0.387 e. The summed E-state index contributed by atoms with van der Waals surface area (Å²) >= 11 is 0. The van der Waals surface area contributed by atoms with Crippen molar-refractivity contribution in [2.45, 2.75) is 76.7 Å². The first-order valence-electron chi connectivity index (χ1n) is 12.4. The van der Waals surface area contributed by atoms with Crippen LogP contribution in [0.25, 0.3) is 11.1 Å². The molecule has 0 aliphatic heterocycles. The molecule has 0 radical (unpaired) electrons. The first-order valence-corrected chi connectivity index (χ1v) is 12.4. The summed E-state index contributed by atoms with van der Waals surface area (Å²) in [6.45, 7) is 4.43. The van der Waals surface area contributed by atoms with E-state index in [1.165, 1.54) is 0 Å². The van der Waals surface area contributed by atoms with Gasteiger partial charge < -0.3 is 14.6 Å². The standard InChI is InChI=1S/C28H33F2N3O2/c1-26(2,3)24-32-23(33-35-24)28-14-11-27(12-15-28,13-16-28)18-31-21-6-4-5-20(17-21)19-7-9-22(10-8-19)34-25(29)30/h4-10,17,25,31H,11-16,18H2,1-3H3. The topological polar surface area (TPSA) is 60.2 Å². The highest BCUT2D eigenvalue weighted by Gasteiger charge is 2.51. The van der Waals surface area contributed by atoms with Gasteiger partial charge in [-0.3, -0.25) is 0 Å². The van der Waals surface area contributed by atoms with Crippen molar-refractivity contribution in [3.05, 3.63) is 60.2 Å². The summed E-state index contributed by atoms with van der Waals surface area (Å²) in [5.74, 6) is 1.79. The van der Waals surface area contributed by atoms with E-state index in [0.717, 1.165) is 73.6 Å². The van der Waals surface area contributed by atoms with Crippen LogP contribution in [-0.2, 0) is 10.8 Å². The summed E-state index contributed by atoms with van der Waals surface area (Å²) in [4.78, 5) is 4.81. The van der Waals surface area contributed by atoms with Gasteiger partial charge in [0.1, 0.15) is 5.75 Å². The van der Waals surface area contributed by atoms with E-state index in [0.29, 0.717) is 5.41 Å². The zero-order valence-corrected chi connectivity index (χ0v) is 20.6. The highest BCUT2D eigenvalue weighted by atomic mass is 19.3. The van der Waals surface area contributed by atoms with Crippen molar-refractivity contribution in [1.29, 1.82) is 0 Å². The number of alkyl halides is 2. The van der Waals surface area contributed by atoms with Gasteiger partial charge >= 0.3 is 6.61 Å². The van der Waals surface area contributed by atoms with Crippen molar-refractivity contribution in [2.75, 3.05) is 11.9 Å². The number of rotatable bonds is 7. The number of nitrogens with zero attached hydrogens (tertiary/aromatic N) is 2. The molecule has 5 nitrogen and oxygen atoms in total. The highest BCUT2D eigenvalue weighted by molar-refractivity contribution is 5.68. The van der Waals surface area contributed by atoms with Crippen LogP contribution < -0.4 is 10.1 Å². The molecule has 2 bridgehead atoms. The van der Waals surface area contributed by atoms with Crippen molar-refractivity contribution in [1.82, 2.24) is 10.1 Å². The van der Waals surface area contributed by atoms with Gasteiger partial charge in [-0.1, -0.05) is 50.2 Å². The quantitative estimate of drug-likeness (QED) is 0.383. The fourth-order valence-electron chi connectivity index (χ4n) is 5.53. The van der Waals surface area contributed by atoms with Crippen LogP contribution in [0.15, 0.2) is 53.1 Å². The van der Waals surface area contributed by atoms with E-state index in [2.05, 4.69) is 48.1 Å². The molecule has 0 atom stereocenters. The first kappa shape index (κ1) is 23.8. The van der Waals surface area contributed by atoms with Gasteiger partial charge in [-0.15, -0.1) is 0 Å². The van der Waals surface area contributed by atoms with Crippen molar-refractivity contribution in [2.24, 2.45) is 5.41 Å². The zero-order chi connectivity index (χ0) is 24.7. The van der Waals surface area contributed by atoms with Gasteiger partial charge in [-0.25, -0.2) is 0 Å². The van der Waals surface area contributed by atoms with Crippen LogP contribution in [0.3, 0.4) is 0 Å². The molecule has 0 saturated heterocycles. The lowest BCUT2D eigenvalue weighted by atomic mass is 9.53. The normalized spacial score (nSPS) is 24.1. The number of anilines is 1. The lowest BCUT2D eigenvalue weighted by molar-refractivity contribution is -0.0498. The molecule has 0 spiro atoms. The summed E-state index contributed by atoms with van der Waals surface area (Å²) in [7, 11) is 0. The van der Waals surface area contributed by atoms with Crippen LogP contribution in [0.5, 0.6) is 5.75 Å². The summed E-state index contributed by atoms with van der Waals surface area (Å²) in [6, 6.07) is 15.0. The Labute approximate surface area is 205 Å². The predicted octanol–water partition coefficient (Wildman–Crippen LogP) is 7.34. The molecule has 35 heavy (non-hydrogen) atoms. The Bertz CT molecular complexity index is 1140. The number of aromatic nitrogens is 2. The van der Waals surface area contributed by atoms with Crippen molar-refractivity contribution < 1.29 is 18.0 Å². The molecule has 7 heteroatoms. The summed E-state index contributed by atoms with van der Waals surface area (Å²) in [5.41, 5.74) is 3.30. The second kappa shape index (κ2) is 8.92. The average molecular weight is 482 g/mol. The minimum Gasteiger partial charge on any atom is -0.435 e. The summed E-state index contributed by atoms with van der Waals surface area (Å²) in [6.07, 6.45) is 6.78. The second-order valence-corrected chi connectivity index (χ2v) is 11.3. The van der Waals surface area contributed by atoms with Crippen LogP contribution in [-0.4, -0.2) is 23.3 Å². The molecule has 0 amide bonds. The minimum atomic E-state index is -2.81. The Morgan fingerprint density at radius 3 is 2.26 bits per heavy atom. The second-order valence-electron chi connectivity index (χ2n) is 11.3. The zero-order valence-electron chi connectivity index (χ0n) is 20.6. The molecule has 0 unspecified atom stereocenters. The number of benzene rings is 2. The van der Waals surface area contributed by atoms with Crippen molar-refractivity contribution in [3.63, 3.8) is 0 Å². The van der Waals surface area contributed by atoms with Crippen LogP contribution >= 0.6 is 0 Å². The molecule has 6 rings (SSSR count). The molecular weight excluding hydrogens is 448 g/mol. The van der Waals surface area contributed by atoms with Crippen molar-refractivity contribution >= 4 is 5.69 Å². The maximum atomic E-state index is 12.4. The van der Waals surface area contributed by atoms with E-state index in [1.54, 1.807) is 24.3 Å². The average Bonchev–Trinajstić information content (AvgIpc) is 3.37. The minimum absolute atomic E-state index is 0.0643. The van der Waals surface area contributed by atoms with E-state index in [4.69, 9.17) is 9.51 Å². The molecule has 3 saturated carbocycles. The number of nitrogens with one attached hydrogen (secondary N) is 1. The number of hydrogen-bond donors (Lipinski definition) is 1. The molecule has 1 N–H and O–H groups in total. The maximum absolute atomic E-state index is 12.4. The molecule has 1 heterocycles. The third kappa shape index (κ3) is 4.91. The van der Waals surface area contributed by atoms with Gasteiger partial charge in [0.2, 0.25) is 5.89 Å². The van der Waals surface area contributed by atoms with Gasteiger partial charge in [0.05, 0.1) is 0 Å². The third-order valence-electron chi connectivity index (χ3n) is 7.89. The van der Waals surface area contributed by atoms with Gasteiger partial charge in [0.25, 0.3) is 0 Å². The van der Waals surface area contributed by atoms with Crippen LogP contribution in [0.1, 0.15) is 71.0 Å². The van der Waals surface area contributed by atoms with Crippen molar-refractivity contribution in [3.8, 4) is 16.9 Å². The molecule has 3 aliphatic carbocycles. The number of hydrogen-bond acceptors (Lipinski definition) is 5. The monoisotopic (exact) mass is 481 g/mol. The van der Waals surface area contributed by atoms with Crippen LogP contribution in [0, 0.1) is 5.41 Å². The molecular formula is C28H33F2N3O2. The van der Waals surface area contributed by atoms with E-state index < -0.39 is 6.61 Å². The van der Waals surface area contributed by atoms with Gasteiger partial charge in [-0.05, 0) is 79.3 Å². The molecule has 3 aromatic rings. The number of ether oxygens (including phenoxy) is 1. The highest BCUT2D eigenvalue weighted by Crippen LogP contribution is 2.57. The van der Waals surface area contributed by atoms with Crippen LogP contribution in [0.2, 0.25) is 0 Å². The van der Waals surface area contributed by atoms with E-state index in [9.17, 15) is 8.78 Å². The molecule has 186 valence electrons. The lowest BCUT2D eigenvalue weighted by Crippen LogP contribution is -2.47. The fraction of sp³-hybridized carbons (Fsp3) is 0.500. The molecule has 2 aromatic carbocycles. The lowest BCUT2D eigenvalue weighted by Gasteiger charge is -2.52. The summed E-state index contributed by atoms with van der Waals surface area (Å²) in [5, 5.41) is 8.08. The Hall–Kier alpha value is -2.96. The Morgan fingerprint density at radius 1 is 0.971 bits per heavy atom. The van der Waals surface area contributed by atoms with Crippen LogP contribution in [0.4, 0.5) is 14.5 Å². The fourth-order valence-corrected chi connectivity index (χ4v) is 5.53. The Kier molecular flexibility index (Phi) is 6.06. The predicted molar refractivity (Wildman–Crippen MR) is 132 cm³/mol. The van der Waals surface area contributed by atoms with Gasteiger partial charge in [0, 0.05) is 23.1 Å². The molecule has 3 fully saturated rings. The van der Waals surface area contributed by atoms with Gasteiger partial charge in [-0.2, -0.15) is 13.8 Å². The van der Waals surface area contributed by atoms with Gasteiger partial charge in [0.15, 0.2) is 5.82 Å². The van der Waals surface area contributed by atoms with E-state index in [1.807, 2.05) is 12.1 Å². The first-order chi connectivity index (χ1) is 16.7. The number of halogens is 2. The Morgan fingerprint density at radius 2 is 1.66 bits per heavy atom. The third-order valence-corrected chi connectivity index (χ3v) is 7.89. The SMILES string of the molecule is CC(C)(C)c1nc(C23CCC(CNc4cccc(-c5ccc(OC(F)F)cc5)c4)(CC2)CC3)no1. The summed E-state index contributed by atoms with van der Waals surface area (Å²) < 4.78 is 34.9.